The predicted octanol–water partition coefficient (Wildman–Crippen LogP) is 3.31. The van der Waals surface area contributed by atoms with Crippen molar-refractivity contribution in [2.75, 3.05) is 13.7 Å². The van der Waals surface area contributed by atoms with Crippen LogP contribution < -0.4 is 20.1 Å². The van der Waals surface area contributed by atoms with Gasteiger partial charge in [0, 0.05) is 24.8 Å². The van der Waals surface area contributed by atoms with E-state index < -0.39 is 5.72 Å². The van der Waals surface area contributed by atoms with Crippen molar-refractivity contribution in [3.63, 3.8) is 0 Å². The number of amides is 2. The van der Waals surface area contributed by atoms with Gasteiger partial charge in [0.2, 0.25) is 5.91 Å². The van der Waals surface area contributed by atoms with E-state index in [2.05, 4.69) is 10.6 Å². The number of methoxy groups -OCH3 is 1. The second-order valence-corrected chi connectivity index (χ2v) is 8.91. The highest BCUT2D eigenvalue weighted by atomic mass is 16.5. The Hall–Kier alpha value is -3.02. The fourth-order valence-corrected chi connectivity index (χ4v) is 5.53. The van der Waals surface area contributed by atoms with Gasteiger partial charge in [-0.15, -0.1) is 0 Å². The highest BCUT2D eigenvalue weighted by Crippen LogP contribution is 2.52. The van der Waals surface area contributed by atoms with Gasteiger partial charge in [0.1, 0.15) is 11.5 Å². The fourth-order valence-electron chi connectivity index (χ4n) is 5.53. The number of hydrogen-bond acceptors (Lipinski definition) is 4. The summed E-state index contributed by atoms with van der Waals surface area (Å²) >= 11 is 0. The van der Waals surface area contributed by atoms with Crippen molar-refractivity contribution in [3.8, 4) is 11.5 Å². The number of ether oxygens (including phenoxy) is 2. The molecule has 3 saturated carbocycles. The first-order chi connectivity index (χ1) is 15.1. The van der Waals surface area contributed by atoms with E-state index in [0.29, 0.717) is 24.3 Å². The van der Waals surface area contributed by atoms with Crippen LogP contribution >= 0.6 is 0 Å². The van der Waals surface area contributed by atoms with Crippen LogP contribution in [0, 0.1) is 17.8 Å². The largest absolute Gasteiger partial charge is 0.497 e. The maximum Gasteiger partial charge on any atom is 0.258 e. The standard InChI is InChI=1S/C25H28N2O4/c1-30-19-10-6-16(7-11-19)12-13-26-23(28)21-14-18-9-8-17(21)15-25(18)27-24(29)20-4-2-3-5-22(20)31-25/h2-7,10-11,17-18,21H,8-9,12-15H2,1H3,(H,26,28)(H,27,29). The summed E-state index contributed by atoms with van der Waals surface area (Å²) in [6.07, 6.45) is 4.21. The number of fused-ring (bicyclic) bond motifs is 3. The number of carbonyl (C=O) groups is 2. The van der Waals surface area contributed by atoms with Crippen LogP contribution in [0.3, 0.4) is 0 Å². The van der Waals surface area contributed by atoms with E-state index in [9.17, 15) is 9.59 Å². The second kappa shape index (κ2) is 7.91. The Balaban J connectivity index is 1.21. The van der Waals surface area contributed by atoms with E-state index in [1.165, 1.54) is 5.56 Å². The molecule has 2 aromatic carbocycles. The predicted molar refractivity (Wildman–Crippen MR) is 116 cm³/mol. The average Bonchev–Trinajstić information content (AvgIpc) is 2.79. The molecule has 0 saturated heterocycles. The molecule has 2 amide bonds. The van der Waals surface area contributed by atoms with Crippen molar-refractivity contribution >= 4 is 11.8 Å². The van der Waals surface area contributed by atoms with Crippen LogP contribution in [0.25, 0.3) is 0 Å². The normalized spacial score (nSPS) is 28.4. The first-order valence-electron chi connectivity index (χ1n) is 11.1. The lowest BCUT2D eigenvalue weighted by molar-refractivity contribution is -0.146. The van der Waals surface area contributed by atoms with Crippen LogP contribution in [0.4, 0.5) is 0 Å². The molecule has 0 radical (unpaired) electrons. The SMILES string of the molecule is COc1ccc(CCNC(=O)C2CC3CCC2CC32NC(=O)c3ccccc3O2)cc1. The Labute approximate surface area is 182 Å². The number of carbonyl (C=O) groups excluding carboxylic acids is 2. The van der Waals surface area contributed by atoms with E-state index in [1.54, 1.807) is 13.2 Å². The molecule has 1 heterocycles. The Kier molecular flexibility index (Phi) is 5.08. The molecule has 6 rings (SSSR count). The summed E-state index contributed by atoms with van der Waals surface area (Å²) in [4.78, 5) is 25.6. The number of benzene rings is 2. The molecule has 2 N–H and O–H groups in total. The van der Waals surface area contributed by atoms with Crippen molar-refractivity contribution in [1.82, 2.24) is 10.6 Å². The molecular formula is C25H28N2O4. The minimum Gasteiger partial charge on any atom is -0.497 e. The van der Waals surface area contributed by atoms with Crippen molar-refractivity contribution < 1.29 is 19.1 Å². The lowest BCUT2D eigenvalue weighted by Gasteiger charge is -2.55. The van der Waals surface area contributed by atoms with E-state index in [4.69, 9.17) is 9.47 Å². The molecule has 1 aliphatic heterocycles. The topological polar surface area (TPSA) is 76.7 Å². The van der Waals surface area contributed by atoms with Gasteiger partial charge in [0.05, 0.1) is 12.7 Å². The number of hydrogen-bond donors (Lipinski definition) is 2. The molecule has 162 valence electrons. The van der Waals surface area contributed by atoms with Gasteiger partial charge in [-0.3, -0.25) is 9.59 Å². The Bertz CT molecular complexity index is 989. The van der Waals surface area contributed by atoms with Crippen molar-refractivity contribution in [2.24, 2.45) is 17.8 Å². The minimum absolute atomic E-state index is 0.0158. The van der Waals surface area contributed by atoms with Gasteiger partial charge < -0.3 is 20.1 Å². The Morgan fingerprint density at radius 1 is 1.19 bits per heavy atom. The van der Waals surface area contributed by atoms with Crippen molar-refractivity contribution in [2.45, 2.75) is 37.8 Å². The summed E-state index contributed by atoms with van der Waals surface area (Å²) in [6, 6.07) is 15.3. The van der Waals surface area contributed by atoms with Gasteiger partial charge in [-0.25, -0.2) is 0 Å². The highest BCUT2D eigenvalue weighted by Gasteiger charge is 2.57. The fraction of sp³-hybridized carbons (Fsp3) is 0.440. The lowest BCUT2D eigenvalue weighted by Crippen LogP contribution is -2.66. The van der Waals surface area contributed by atoms with Crippen LogP contribution in [-0.4, -0.2) is 31.2 Å². The molecule has 31 heavy (non-hydrogen) atoms. The van der Waals surface area contributed by atoms with Gasteiger partial charge in [0.15, 0.2) is 5.72 Å². The zero-order valence-corrected chi connectivity index (χ0v) is 17.7. The third-order valence-corrected chi connectivity index (χ3v) is 7.18. The van der Waals surface area contributed by atoms with Crippen LogP contribution in [0.15, 0.2) is 48.5 Å². The molecule has 1 spiro atoms. The average molecular weight is 421 g/mol. The summed E-state index contributed by atoms with van der Waals surface area (Å²) in [5.74, 6) is 1.89. The van der Waals surface area contributed by atoms with Crippen molar-refractivity contribution in [1.29, 1.82) is 0 Å². The van der Waals surface area contributed by atoms with Crippen LogP contribution in [-0.2, 0) is 11.2 Å². The molecule has 4 aliphatic rings. The third kappa shape index (κ3) is 3.64. The molecule has 2 aromatic rings. The van der Waals surface area contributed by atoms with Gasteiger partial charge in [-0.1, -0.05) is 24.3 Å². The van der Waals surface area contributed by atoms with Gasteiger partial charge in [-0.05, 0) is 61.4 Å². The zero-order valence-electron chi connectivity index (χ0n) is 17.7. The van der Waals surface area contributed by atoms with Crippen LogP contribution in [0.1, 0.15) is 41.6 Å². The maximum atomic E-state index is 13.0. The molecule has 0 aromatic heterocycles. The van der Waals surface area contributed by atoms with E-state index in [1.807, 2.05) is 42.5 Å². The monoisotopic (exact) mass is 420 g/mol. The van der Waals surface area contributed by atoms with E-state index in [-0.39, 0.29) is 29.6 Å². The first kappa shape index (κ1) is 19.9. The summed E-state index contributed by atoms with van der Waals surface area (Å²) in [6.45, 7) is 0.616. The zero-order chi connectivity index (χ0) is 21.4. The molecule has 6 heteroatoms. The van der Waals surface area contributed by atoms with E-state index >= 15 is 0 Å². The molecule has 4 unspecified atom stereocenters. The molecule has 4 atom stereocenters. The summed E-state index contributed by atoms with van der Waals surface area (Å²) in [5, 5.41) is 6.28. The molecule has 3 aliphatic carbocycles. The number of rotatable bonds is 5. The third-order valence-electron chi connectivity index (χ3n) is 7.18. The highest BCUT2D eigenvalue weighted by molar-refractivity contribution is 5.98. The number of para-hydroxylation sites is 1. The second-order valence-electron chi connectivity index (χ2n) is 8.91. The first-order valence-corrected chi connectivity index (χ1v) is 11.1. The number of nitrogens with one attached hydrogen (secondary N) is 2. The minimum atomic E-state index is -0.672. The van der Waals surface area contributed by atoms with Crippen LogP contribution in [0.5, 0.6) is 11.5 Å². The van der Waals surface area contributed by atoms with Gasteiger partial charge >= 0.3 is 0 Å². The molecular weight excluding hydrogens is 392 g/mol. The molecule has 3 fully saturated rings. The quantitative estimate of drug-likeness (QED) is 0.778. The molecule has 2 bridgehead atoms. The van der Waals surface area contributed by atoms with Gasteiger partial charge in [0.25, 0.3) is 5.91 Å². The molecule has 6 nitrogen and oxygen atoms in total. The van der Waals surface area contributed by atoms with Crippen molar-refractivity contribution in [3.05, 3.63) is 59.7 Å². The van der Waals surface area contributed by atoms with E-state index in [0.717, 1.165) is 31.4 Å². The summed E-state index contributed by atoms with van der Waals surface area (Å²) in [5.41, 5.74) is 1.08. The maximum absolute atomic E-state index is 13.0. The Morgan fingerprint density at radius 2 is 2.00 bits per heavy atom. The van der Waals surface area contributed by atoms with Gasteiger partial charge in [-0.2, -0.15) is 0 Å². The lowest BCUT2D eigenvalue weighted by atomic mass is 9.60. The smallest absolute Gasteiger partial charge is 0.258 e. The summed E-state index contributed by atoms with van der Waals surface area (Å²) < 4.78 is 11.6. The summed E-state index contributed by atoms with van der Waals surface area (Å²) in [7, 11) is 1.65. The Morgan fingerprint density at radius 3 is 2.74 bits per heavy atom. The van der Waals surface area contributed by atoms with Crippen LogP contribution in [0.2, 0.25) is 0 Å².